The number of carbonyl (C=O) groups excluding carboxylic acids is 1. The number of unbranched alkanes of at least 4 members (excludes halogenated alkanes) is 1. The molecule has 0 saturated carbocycles. The van der Waals surface area contributed by atoms with Crippen molar-refractivity contribution in [1.82, 2.24) is 10.3 Å². The Bertz CT molecular complexity index is 163. The van der Waals surface area contributed by atoms with E-state index in [2.05, 4.69) is 17.2 Å². The van der Waals surface area contributed by atoms with Crippen LogP contribution in [-0.2, 0) is 4.79 Å². The lowest BCUT2D eigenvalue weighted by molar-refractivity contribution is -0.109. The van der Waals surface area contributed by atoms with Crippen molar-refractivity contribution in [3.8, 4) is 0 Å². The third-order valence-electron chi connectivity index (χ3n) is 1.32. The molecule has 13 heavy (non-hydrogen) atoms. The average molecular weight is 180 g/mol. The number of nitrogens with zero attached hydrogens (tertiary/aromatic N) is 1. The van der Waals surface area contributed by atoms with Gasteiger partial charge in [0.25, 0.3) is 0 Å². The smallest absolute Gasteiger partial charge is 0.207 e. The van der Waals surface area contributed by atoms with Crippen molar-refractivity contribution in [2.75, 3.05) is 6.54 Å². The van der Waals surface area contributed by atoms with E-state index in [0.717, 1.165) is 25.8 Å². The van der Waals surface area contributed by atoms with Crippen LogP contribution < -0.4 is 5.32 Å². The molecule has 1 N–H and O–H groups in total. The average Bonchev–Trinajstić information content (AvgIpc) is 2.22. The number of amides is 1. The van der Waals surface area contributed by atoms with E-state index in [9.17, 15) is 4.79 Å². The number of hydrogen-bond acceptors (Lipinski definition) is 2. The van der Waals surface area contributed by atoms with Gasteiger partial charge in [-0.1, -0.05) is 19.4 Å². The van der Waals surface area contributed by atoms with Crippen LogP contribution in [0.4, 0.5) is 0 Å². The Hall–Kier alpha value is -1.38. The maximum atomic E-state index is 9.57. The molecule has 1 aromatic rings. The third kappa shape index (κ3) is 10.6. The van der Waals surface area contributed by atoms with E-state index >= 15 is 0 Å². The van der Waals surface area contributed by atoms with Crippen LogP contribution in [0.2, 0.25) is 0 Å². The fourth-order valence-electron chi connectivity index (χ4n) is 0.650. The molecular formula is C10H16N2O. The van der Waals surface area contributed by atoms with E-state index < -0.39 is 0 Å². The van der Waals surface area contributed by atoms with Gasteiger partial charge in [-0.2, -0.15) is 0 Å². The minimum Gasteiger partial charge on any atom is -0.359 e. The van der Waals surface area contributed by atoms with Crippen molar-refractivity contribution in [1.29, 1.82) is 0 Å². The van der Waals surface area contributed by atoms with Gasteiger partial charge in [-0.25, -0.2) is 0 Å². The predicted molar refractivity (Wildman–Crippen MR) is 53.2 cm³/mol. The highest BCUT2D eigenvalue weighted by molar-refractivity contribution is 5.45. The van der Waals surface area contributed by atoms with Gasteiger partial charge in [0.05, 0.1) is 0 Å². The Morgan fingerprint density at radius 1 is 1.31 bits per heavy atom. The molecule has 0 spiro atoms. The molecular weight excluding hydrogens is 164 g/mol. The highest BCUT2D eigenvalue weighted by Crippen LogP contribution is 1.79. The van der Waals surface area contributed by atoms with E-state index in [0.29, 0.717) is 0 Å². The molecule has 0 saturated heterocycles. The molecule has 3 nitrogen and oxygen atoms in total. The van der Waals surface area contributed by atoms with Gasteiger partial charge in [-0.15, -0.1) is 0 Å². The Balaban J connectivity index is 0.000000223. The van der Waals surface area contributed by atoms with Crippen LogP contribution in [0.25, 0.3) is 0 Å². The van der Waals surface area contributed by atoms with Gasteiger partial charge in [0.2, 0.25) is 6.41 Å². The Morgan fingerprint density at radius 3 is 2.31 bits per heavy atom. The maximum Gasteiger partial charge on any atom is 0.207 e. The van der Waals surface area contributed by atoms with Crippen molar-refractivity contribution < 1.29 is 4.79 Å². The molecule has 0 unspecified atom stereocenters. The first-order chi connectivity index (χ1) is 6.41. The molecule has 72 valence electrons. The molecule has 0 aliphatic rings. The van der Waals surface area contributed by atoms with Gasteiger partial charge < -0.3 is 5.32 Å². The molecule has 3 heteroatoms. The van der Waals surface area contributed by atoms with Crippen LogP contribution in [0.3, 0.4) is 0 Å². The number of rotatable bonds is 4. The fourth-order valence-corrected chi connectivity index (χ4v) is 0.650. The molecule has 1 heterocycles. The van der Waals surface area contributed by atoms with Gasteiger partial charge >= 0.3 is 0 Å². The lowest BCUT2D eigenvalue weighted by Crippen LogP contribution is -2.11. The summed E-state index contributed by atoms with van der Waals surface area (Å²) in [5, 5.41) is 2.57. The summed E-state index contributed by atoms with van der Waals surface area (Å²) in [6.45, 7) is 2.91. The maximum absolute atomic E-state index is 9.57. The van der Waals surface area contributed by atoms with E-state index in [1.807, 2.05) is 18.2 Å². The zero-order chi connectivity index (χ0) is 9.78. The van der Waals surface area contributed by atoms with Crippen molar-refractivity contribution >= 4 is 6.41 Å². The lowest BCUT2D eigenvalue weighted by Gasteiger charge is -1.90. The van der Waals surface area contributed by atoms with Crippen molar-refractivity contribution in [3.63, 3.8) is 0 Å². The molecule has 0 bridgehead atoms. The monoisotopic (exact) mass is 180 g/mol. The Labute approximate surface area is 79.2 Å². The number of nitrogens with one attached hydrogen (secondary N) is 1. The topological polar surface area (TPSA) is 42.0 Å². The van der Waals surface area contributed by atoms with Gasteiger partial charge in [0, 0.05) is 18.9 Å². The molecule has 0 aromatic carbocycles. The van der Waals surface area contributed by atoms with Crippen molar-refractivity contribution in [2.24, 2.45) is 0 Å². The zero-order valence-corrected chi connectivity index (χ0v) is 7.94. The Kier molecular flexibility index (Phi) is 9.49. The summed E-state index contributed by atoms with van der Waals surface area (Å²) in [6.07, 6.45) is 6.45. The summed E-state index contributed by atoms with van der Waals surface area (Å²) in [6, 6.07) is 5.72. The fraction of sp³-hybridized carbons (Fsp3) is 0.400. The van der Waals surface area contributed by atoms with Crippen LogP contribution >= 0.6 is 0 Å². The molecule has 0 fully saturated rings. The summed E-state index contributed by atoms with van der Waals surface area (Å²) in [5.74, 6) is 0. The van der Waals surface area contributed by atoms with Crippen LogP contribution in [0.1, 0.15) is 19.8 Å². The largest absolute Gasteiger partial charge is 0.359 e. The second-order valence-corrected chi connectivity index (χ2v) is 2.45. The first-order valence-corrected chi connectivity index (χ1v) is 4.43. The molecule has 0 aliphatic carbocycles. The first-order valence-electron chi connectivity index (χ1n) is 4.43. The van der Waals surface area contributed by atoms with Crippen LogP contribution in [0.15, 0.2) is 30.6 Å². The predicted octanol–water partition coefficient (Wildman–Crippen LogP) is 1.61. The SMILES string of the molecule is CCCCNC=O.c1ccncc1. The second kappa shape index (κ2) is 10.6. The zero-order valence-electron chi connectivity index (χ0n) is 7.94. The quantitative estimate of drug-likeness (QED) is 0.565. The molecule has 1 aromatic heterocycles. The second-order valence-electron chi connectivity index (χ2n) is 2.45. The highest BCUT2D eigenvalue weighted by atomic mass is 16.1. The van der Waals surface area contributed by atoms with Gasteiger partial charge in [0.15, 0.2) is 0 Å². The van der Waals surface area contributed by atoms with E-state index in [-0.39, 0.29) is 0 Å². The first kappa shape index (κ1) is 11.6. The van der Waals surface area contributed by atoms with Gasteiger partial charge in [-0.05, 0) is 18.6 Å². The molecule has 0 atom stereocenters. The van der Waals surface area contributed by atoms with E-state index in [4.69, 9.17) is 0 Å². The van der Waals surface area contributed by atoms with E-state index in [1.165, 1.54) is 0 Å². The van der Waals surface area contributed by atoms with Crippen molar-refractivity contribution in [2.45, 2.75) is 19.8 Å². The summed E-state index contributed by atoms with van der Waals surface area (Å²) >= 11 is 0. The summed E-state index contributed by atoms with van der Waals surface area (Å²) in [4.78, 5) is 13.4. The third-order valence-corrected chi connectivity index (χ3v) is 1.32. The standard InChI is InChI=1S/C5H11NO.C5H5N/c1-2-3-4-6-5-7;1-2-4-6-5-3-1/h5H,2-4H2,1H3,(H,6,7);1-5H. The minimum absolute atomic E-state index is 0.732. The van der Waals surface area contributed by atoms with Crippen LogP contribution in [0.5, 0.6) is 0 Å². The summed E-state index contributed by atoms with van der Waals surface area (Å²) in [7, 11) is 0. The van der Waals surface area contributed by atoms with Gasteiger partial charge in [-0.3, -0.25) is 9.78 Å². The number of pyridine rings is 1. The molecule has 1 amide bonds. The number of hydrogen-bond donors (Lipinski definition) is 1. The lowest BCUT2D eigenvalue weighted by atomic mass is 10.3. The molecule has 0 aliphatic heterocycles. The molecule has 0 radical (unpaired) electrons. The highest BCUT2D eigenvalue weighted by Gasteiger charge is 1.76. The number of carbonyl (C=O) groups is 1. The van der Waals surface area contributed by atoms with Crippen LogP contribution in [0, 0.1) is 0 Å². The number of aromatic nitrogens is 1. The van der Waals surface area contributed by atoms with Crippen molar-refractivity contribution in [3.05, 3.63) is 30.6 Å². The molecule has 1 rings (SSSR count). The summed E-state index contributed by atoms with van der Waals surface area (Å²) in [5.41, 5.74) is 0. The summed E-state index contributed by atoms with van der Waals surface area (Å²) < 4.78 is 0. The Morgan fingerprint density at radius 2 is 2.00 bits per heavy atom. The van der Waals surface area contributed by atoms with Crippen LogP contribution in [-0.4, -0.2) is 17.9 Å². The minimum atomic E-state index is 0.732. The van der Waals surface area contributed by atoms with E-state index in [1.54, 1.807) is 12.4 Å². The van der Waals surface area contributed by atoms with Gasteiger partial charge in [0.1, 0.15) is 0 Å². The normalized spacial score (nSPS) is 8.08.